The first kappa shape index (κ1) is 23.7. The van der Waals surface area contributed by atoms with Crippen molar-refractivity contribution in [3.05, 3.63) is 59.2 Å². The fourth-order valence-corrected chi connectivity index (χ4v) is 5.54. The van der Waals surface area contributed by atoms with Gasteiger partial charge in [0.25, 0.3) is 5.91 Å². The second-order valence-electron chi connectivity index (χ2n) is 7.93. The summed E-state index contributed by atoms with van der Waals surface area (Å²) in [6, 6.07) is 9.05. The van der Waals surface area contributed by atoms with Crippen molar-refractivity contribution < 1.29 is 22.0 Å². The second kappa shape index (κ2) is 9.06. The van der Waals surface area contributed by atoms with Crippen molar-refractivity contribution in [2.24, 2.45) is 0 Å². The number of nitrogens with one attached hydrogen (secondary N) is 1. The van der Waals surface area contributed by atoms with E-state index in [0.29, 0.717) is 5.56 Å². The van der Waals surface area contributed by atoms with Gasteiger partial charge >= 0.3 is 0 Å². The van der Waals surface area contributed by atoms with Crippen molar-refractivity contribution in [2.45, 2.75) is 43.9 Å². The summed E-state index contributed by atoms with van der Waals surface area (Å²) in [4.78, 5) is 12.7. The maximum absolute atomic E-state index is 14.5. The molecule has 0 fully saturated rings. The number of rotatable bonds is 7. The zero-order chi connectivity index (χ0) is 22.7. The van der Waals surface area contributed by atoms with Gasteiger partial charge in [-0.15, -0.1) is 0 Å². The van der Waals surface area contributed by atoms with Gasteiger partial charge in [0.2, 0.25) is 0 Å². The summed E-state index contributed by atoms with van der Waals surface area (Å²) < 4.78 is 52.8. The Kier molecular flexibility index (Phi) is 7.16. The van der Waals surface area contributed by atoms with E-state index in [-0.39, 0.29) is 27.8 Å². The van der Waals surface area contributed by atoms with Crippen molar-refractivity contribution in [3.8, 4) is 6.07 Å². The fourth-order valence-electron chi connectivity index (χ4n) is 3.08. The molecule has 0 aromatic heterocycles. The lowest BCUT2D eigenvalue weighted by Gasteiger charge is -2.20. The maximum atomic E-state index is 14.5. The number of nitriles is 1. The Morgan fingerprint density at radius 2 is 1.67 bits per heavy atom. The number of nitrogens with zero attached hydrogens (tertiary/aromatic N) is 1. The van der Waals surface area contributed by atoms with Crippen molar-refractivity contribution in [3.63, 3.8) is 0 Å². The van der Waals surface area contributed by atoms with Crippen LogP contribution in [0.2, 0.25) is 19.6 Å². The second-order valence-corrected chi connectivity index (χ2v) is 15.2. The summed E-state index contributed by atoms with van der Waals surface area (Å²) in [5.74, 6) is -2.29. The number of carbonyl (C=O) groups is 1. The molecule has 0 unspecified atom stereocenters. The van der Waals surface area contributed by atoms with E-state index in [1.807, 2.05) is 6.07 Å². The molecule has 5 nitrogen and oxygen atoms in total. The number of amides is 1. The van der Waals surface area contributed by atoms with Crippen LogP contribution in [-0.2, 0) is 9.84 Å². The van der Waals surface area contributed by atoms with E-state index < -0.39 is 41.5 Å². The third kappa shape index (κ3) is 5.32. The van der Waals surface area contributed by atoms with Gasteiger partial charge in [0.15, 0.2) is 9.84 Å². The highest BCUT2D eigenvalue weighted by atomic mass is 32.2. The first-order chi connectivity index (χ1) is 13.9. The van der Waals surface area contributed by atoms with Gasteiger partial charge in [-0.1, -0.05) is 38.7 Å². The van der Waals surface area contributed by atoms with Crippen LogP contribution >= 0.6 is 0 Å². The molecule has 0 spiro atoms. The Hall–Kier alpha value is -2.57. The van der Waals surface area contributed by atoms with E-state index in [1.54, 1.807) is 19.6 Å². The van der Waals surface area contributed by atoms with Crippen LogP contribution in [0.25, 0.3) is 0 Å². The van der Waals surface area contributed by atoms with Gasteiger partial charge in [0.05, 0.1) is 37.3 Å². The molecule has 1 N–H and O–H groups in total. The zero-order valence-electron chi connectivity index (χ0n) is 17.3. The fraction of sp³-hybridized carbons (Fsp3) is 0.333. The molecule has 0 aliphatic rings. The normalized spacial score (nSPS) is 12.8. The Labute approximate surface area is 176 Å². The van der Waals surface area contributed by atoms with Crippen molar-refractivity contribution >= 4 is 29.0 Å². The molecule has 0 saturated heterocycles. The van der Waals surface area contributed by atoms with E-state index in [0.717, 1.165) is 12.1 Å². The minimum absolute atomic E-state index is 0.0281. The molecule has 160 valence electrons. The van der Waals surface area contributed by atoms with Gasteiger partial charge in [-0.05, 0) is 29.8 Å². The van der Waals surface area contributed by atoms with E-state index in [9.17, 15) is 22.0 Å². The van der Waals surface area contributed by atoms with Gasteiger partial charge in [-0.25, -0.2) is 17.2 Å². The predicted molar refractivity (Wildman–Crippen MR) is 114 cm³/mol. The molecule has 0 bridgehead atoms. The molecule has 0 radical (unpaired) electrons. The Bertz CT molecular complexity index is 1070. The molecule has 1 atom stereocenters. The smallest absolute Gasteiger partial charge is 0.252 e. The number of benzene rings is 2. The van der Waals surface area contributed by atoms with Crippen LogP contribution in [0.3, 0.4) is 0 Å². The Morgan fingerprint density at radius 1 is 1.13 bits per heavy atom. The number of halogens is 2. The van der Waals surface area contributed by atoms with Crippen molar-refractivity contribution in [1.29, 1.82) is 5.26 Å². The number of hydrogen-bond donors (Lipinski definition) is 1. The van der Waals surface area contributed by atoms with Crippen LogP contribution in [0, 0.1) is 23.0 Å². The topological polar surface area (TPSA) is 87.0 Å². The predicted octanol–water partition coefficient (Wildman–Crippen LogP) is 3.69. The molecule has 1 amide bonds. The number of carbonyl (C=O) groups excluding carboxylic acids is 1. The summed E-state index contributed by atoms with van der Waals surface area (Å²) in [7, 11) is -5.65. The molecular weight excluding hydrogens is 426 g/mol. The van der Waals surface area contributed by atoms with Crippen LogP contribution < -0.4 is 10.5 Å². The molecule has 2 rings (SSSR count). The Morgan fingerprint density at radius 3 is 2.10 bits per heavy atom. The van der Waals surface area contributed by atoms with E-state index in [4.69, 9.17) is 5.26 Å². The lowest BCUT2D eigenvalue weighted by molar-refractivity contribution is 0.0936. The SMILES string of the molecule is CCS(=O)(=O)c1ccc([C@@H](CC#N)NC(=O)c2cc(F)c([Si](C)(C)C)c(F)c2)cc1. The molecule has 0 aliphatic carbocycles. The van der Waals surface area contributed by atoms with Crippen LogP contribution in [-0.4, -0.2) is 28.2 Å². The number of sulfone groups is 1. The molecule has 9 heteroatoms. The van der Waals surface area contributed by atoms with E-state index in [1.165, 1.54) is 31.2 Å². The van der Waals surface area contributed by atoms with Gasteiger partial charge in [-0.3, -0.25) is 4.79 Å². The van der Waals surface area contributed by atoms with Gasteiger partial charge < -0.3 is 5.32 Å². The van der Waals surface area contributed by atoms with Crippen molar-refractivity contribution in [1.82, 2.24) is 5.32 Å². The largest absolute Gasteiger partial charge is 0.344 e. The quantitative estimate of drug-likeness (QED) is 0.652. The molecule has 2 aromatic rings. The highest BCUT2D eigenvalue weighted by Gasteiger charge is 2.27. The first-order valence-electron chi connectivity index (χ1n) is 9.40. The van der Waals surface area contributed by atoms with Gasteiger partial charge in [-0.2, -0.15) is 5.26 Å². The van der Waals surface area contributed by atoms with Crippen LogP contribution in [0.4, 0.5) is 8.78 Å². The summed E-state index contributed by atoms with van der Waals surface area (Å²) in [6.45, 7) is 6.95. The third-order valence-electron chi connectivity index (χ3n) is 4.68. The average molecular weight is 451 g/mol. The standard InChI is InChI=1S/C21H24F2N2O3SSi/c1-5-29(27,28)16-8-6-14(7-9-16)19(10-11-24)25-21(26)15-12-17(22)20(18(23)13-15)30(2,3)4/h6-9,12-13,19H,5,10H2,1-4H3,(H,25,26)/t19-/m1/s1. The summed E-state index contributed by atoms with van der Waals surface area (Å²) >= 11 is 0. The maximum Gasteiger partial charge on any atom is 0.252 e. The molecule has 0 aliphatic heterocycles. The lowest BCUT2D eigenvalue weighted by Crippen LogP contribution is -2.43. The van der Waals surface area contributed by atoms with Gasteiger partial charge in [0.1, 0.15) is 11.6 Å². The monoisotopic (exact) mass is 450 g/mol. The Balaban J connectivity index is 2.32. The molecule has 2 aromatic carbocycles. The summed E-state index contributed by atoms with van der Waals surface area (Å²) in [5, 5.41) is 11.7. The first-order valence-corrected chi connectivity index (χ1v) is 14.6. The highest BCUT2D eigenvalue weighted by molar-refractivity contribution is 7.91. The van der Waals surface area contributed by atoms with Gasteiger partial charge in [0, 0.05) is 10.8 Å². The highest BCUT2D eigenvalue weighted by Crippen LogP contribution is 2.21. The third-order valence-corrected chi connectivity index (χ3v) is 8.40. The molecule has 0 heterocycles. The summed E-state index contributed by atoms with van der Waals surface area (Å²) in [5.41, 5.74) is 0.333. The lowest BCUT2D eigenvalue weighted by atomic mass is 10.0. The van der Waals surface area contributed by atoms with Crippen LogP contribution in [0.5, 0.6) is 0 Å². The average Bonchev–Trinajstić information content (AvgIpc) is 2.66. The van der Waals surface area contributed by atoms with E-state index in [2.05, 4.69) is 5.32 Å². The van der Waals surface area contributed by atoms with E-state index >= 15 is 0 Å². The zero-order valence-corrected chi connectivity index (χ0v) is 19.1. The van der Waals surface area contributed by atoms with Crippen molar-refractivity contribution in [2.75, 3.05) is 5.75 Å². The number of hydrogen-bond acceptors (Lipinski definition) is 4. The van der Waals surface area contributed by atoms with Crippen LogP contribution in [0.15, 0.2) is 41.3 Å². The molecule has 30 heavy (non-hydrogen) atoms. The molecular formula is C21H24F2N2O3SSi. The summed E-state index contributed by atoms with van der Waals surface area (Å²) in [6.07, 6.45) is -0.0937. The molecule has 0 saturated carbocycles. The van der Waals surface area contributed by atoms with Crippen LogP contribution in [0.1, 0.15) is 35.3 Å². The minimum Gasteiger partial charge on any atom is -0.344 e. The minimum atomic E-state index is -3.38.